The number of aryl methyl sites for hydroxylation is 1. The maximum atomic E-state index is 11.8. The first-order valence-corrected chi connectivity index (χ1v) is 6.22. The molecule has 0 unspecified atom stereocenters. The zero-order valence-electron chi connectivity index (χ0n) is 8.16. The van der Waals surface area contributed by atoms with Crippen LogP contribution in [0, 0.1) is 0 Å². The molecule has 14 heavy (non-hydrogen) atoms. The number of carbonyl (C=O) groups is 1. The van der Waals surface area contributed by atoms with E-state index in [9.17, 15) is 4.79 Å². The van der Waals surface area contributed by atoms with Crippen molar-refractivity contribution in [3.8, 4) is 0 Å². The molecule has 0 radical (unpaired) electrons. The van der Waals surface area contributed by atoms with Gasteiger partial charge in [0.05, 0.1) is 5.69 Å². The molecule has 0 saturated heterocycles. The van der Waals surface area contributed by atoms with Crippen molar-refractivity contribution in [2.24, 2.45) is 0 Å². The zero-order chi connectivity index (χ0) is 10.6. The molecule has 1 rings (SSSR count). The molecule has 0 spiro atoms. The summed E-state index contributed by atoms with van der Waals surface area (Å²) in [6, 6.07) is 0. The van der Waals surface area contributed by atoms with Crippen LogP contribution in [-0.4, -0.2) is 39.3 Å². The molecule has 0 N–H and O–H groups in total. The smallest absolute Gasteiger partial charge is 0.267 e. The van der Waals surface area contributed by atoms with Crippen molar-refractivity contribution in [1.82, 2.24) is 14.5 Å². The maximum absolute atomic E-state index is 11.8. The van der Waals surface area contributed by atoms with Crippen LogP contribution in [0.3, 0.4) is 0 Å². The van der Waals surface area contributed by atoms with Crippen LogP contribution in [-0.2, 0) is 6.42 Å². The van der Waals surface area contributed by atoms with Crippen LogP contribution in [0.4, 0.5) is 0 Å². The van der Waals surface area contributed by atoms with E-state index >= 15 is 0 Å². The highest BCUT2D eigenvalue weighted by molar-refractivity contribution is 9.09. The Kier molecular flexibility index (Phi) is 4.47. The van der Waals surface area contributed by atoms with E-state index in [-0.39, 0.29) is 5.91 Å². The number of hydrogen-bond acceptors (Lipinski definition) is 4. The lowest BCUT2D eigenvalue weighted by Gasteiger charge is -2.14. The van der Waals surface area contributed by atoms with E-state index < -0.39 is 0 Å². The third-order valence-electron chi connectivity index (χ3n) is 1.85. The molecule has 0 aliphatic carbocycles. The molecule has 0 saturated carbocycles. The Balaban J connectivity index is 2.78. The first-order chi connectivity index (χ1) is 6.70. The maximum Gasteiger partial charge on any atom is 0.267 e. The topological polar surface area (TPSA) is 46.1 Å². The Morgan fingerprint density at radius 1 is 1.64 bits per heavy atom. The highest BCUT2D eigenvalue weighted by Crippen LogP contribution is 2.13. The molecule has 0 aliphatic heterocycles. The van der Waals surface area contributed by atoms with Crippen molar-refractivity contribution < 1.29 is 4.79 Å². The van der Waals surface area contributed by atoms with Crippen LogP contribution in [0.2, 0.25) is 0 Å². The third-order valence-corrected chi connectivity index (χ3v) is 2.96. The summed E-state index contributed by atoms with van der Waals surface area (Å²) in [5.74, 6) is 0.0105. The van der Waals surface area contributed by atoms with Crippen LogP contribution in [0.25, 0.3) is 0 Å². The zero-order valence-corrected chi connectivity index (χ0v) is 10.6. The molecular weight excluding hydrogens is 266 g/mol. The Morgan fingerprint density at radius 2 is 2.36 bits per heavy atom. The summed E-state index contributed by atoms with van der Waals surface area (Å²) in [6.45, 7) is 2.66. The molecule has 0 bridgehead atoms. The monoisotopic (exact) mass is 277 g/mol. The molecule has 0 atom stereocenters. The highest BCUT2D eigenvalue weighted by Gasteiger charge is 2.18. The van der Waals surface area contributed by atoms with Gasteiger partial charge in [-0.25, -0.2) is 0 Å². The summed E-state index contributed by atoms with van der Waals surface area (Å²) < 4.78 is 3.79. The molecule has 1 aromatic rings. The van der Waals surface area contributed by atoms with Crippen LogP contribution >= 0.6 is 27.5 Å². The van der Waals surface area contributed by atoms with Crippen molar-refractivity contribution in [2.75, 3.05) is 18.9 Å². The highest BCUT2D eigenvalue weighted by atomic mass is 79.9. The van der Waals surface area contributed by atoms with E-state index in [1.54, 1.807) is 11.9 Å². The number of halogens is 1. The minimum atomic E-state index is 0.0105. The lowest BCUT2D eigenvalue weighted by atomic mass is 10.3. The first kappa shape index (κ1) is 11.6. The van der Waals surface area contributed by atoms with Gasteiger partial charge in [-0.1, -0.05) is 27.3 Å². The average molecular weight is 278 g/mol. The molecule has 78 valence electrons. The van der Waals surface area contributed by atoms with E-state index in [1.807, 2.05) is 6.92 Å². The first-order valence-electron chi connectivity index (χ1n) is 4.33. The normalized spacial score (nSPS) is 10.2. The summed E-state index contributed by atoms with van der Waals surface area (Å²) in [6.07, 6.45) is 0.750. The number of alkyl halides is 1. The fraction of sp³-hybridized carbons (Fsp3) is 0.625. The predicted octanol–water partition coefficient (Wildman–Crippen LogP) is 1.57. The molecule has 1 aromatic heterocycles. The van der Waals surface area contributed by atoms with Gasteiger partial charge in [0, 0.05) is 18.9 Å². The predicted molar refractivity (Wildman–Crippen MR) is 60.0 cm³/mol. The van der Waals surface area contributed by atoms with Crippen LogP contribution in [0.1, 0.15) is 22.3 Å². The van der Waals surface area contributed by atoms with Gasteiger partial charge in [-0.2, -0.15) is 0 Å². The van der Waals surface area contributed by atoms with E-state index in [0.29, 0.717) is 11.4 Å². The summed E-state index contributed by atoms with van der Waals surface area (Å²) in [5, 5.41) is 4.69. The fourth-order valence-electron chi connectivity index (χ4n) is 1.00. The second kappa shape index (κ2) is 5.41. The second-order valence-corrected chi connectivity index (χ2v) is 4.37. The summed E-state index contributed by atoms with van der Waals surface area (Å²) in [4.78, 5) is 14.1. The SMILES string of the molecule is CCc1nnsc1C(=O)N(C)CCBr. The standard InChI is InChI=1S/C8H12BrN3OS/c1-3-6-7(14-11-10-6)8(13)12(2)5-4-9/h3-5H2,1-2H3. The lowest BCUT2D eigenvalue weighted by Crippen LogP contribution is -2.28. The van der Waals surface area contributed by atoms with Crippen molar-refractivity contribution in [2.45, 2.75) is 13.3 Å². The summed E-state index contributed by atoms with van der Waals surface area (Å²) in [5.41, 5.74) is 0.793. The number of amides is 1. The van der Waals surface area contributed by atoms with Gasteiger partial charge in [0.15, 0.2) is 0 Å². The number of hydrogen-bond donors (Lipinski definition) is 0. The van der Waals surface area contributed by atoms with E-state index in [2.05, 4.69) is 25.5 Å². The molecule has 1 heterocycles. The molecular formula is C8H12BrN3OS. The van der Waals surface area contributed by atoms with Crippen molar-refractivity contribution in [1.29, 1.82) is 0 Å². The average Bonchev–Trinajstić information content (AvgIpc) is 2.64. The molecule has 0 aromatic carbocycles. The largest absolute Gasteiger partial charge is 0.340 e. The molecule has 6 heteroatoms. The van der Waals surface area contributed by atoms with Crippen LogP contribution in [0.5, 0.6) is 0 Å². The van der Waals surface area contributed by atoms with Gasteiger partial charge in [0.1, 0.15) is 4.88 Å². The van der Waals surface area contributed by atoms with Gasteiger partial charge in [0.25, 0.3) is 5.91 Å². The lowest BCUT2D eigenvalue weighted by molar-refractivity contribution is 0.0807. The van der Waals surface area contributed by atoms with Crippen molar-refractivity contribution in [3.63, 3.8) is 0 Å². The molecule has 0 aliphatic rings. The molecule has 0 fully saturated rings. The minimum Gasteiger partial charge on any atom is -0.340 e. The molecule has 1 amide bonds. The number of aromatic nitrogens is 2. The van der Waals surface area contributed by atoms with Gasteiger partial charge < -0.3 is 4.90 Å². The number of carbonyl (C=O) groups excluding carboxylic acids is 1. The fourth-order valence-corrected chi connectivity index (χ4v) is 2.28. The van der Waals surface area contributed by atoms with E-state index in [0.717, 1.165) is 17.4 Å². The Labute approximate surface area is 95.6 Å². The van der Waals surface area contributed by atoms with Crippen LogP contribution < -0.4 is 0 Å². The van der Waals surface area contributed by atoms with E-state index in [1.165, 1.54) is 11.5 Å². The number of nitrogens with zero attached hydrogens (tertiary/aromatic N) is 3. The van der Waals surface area contributed by atoms with E-state index in [4.69, 9.17) is 0 Å². The minimum absolute atomic E-state index is 0.0105. The van der Waals surface area contributed by atoms with Gasteiger partial charge in [-0.05, 0) is 18.0 Å². The Bertz CT molecular complexity index is 315. The Morgan fingerprint density at radius 3 is 2.93 bits per heavy atom. The van der Waals surface area contributed by atoms with Gasteiger partial charge >= 0.3 is 0 Å². The second-order valence-electron chi connectivity index (χ2n) is 2.82. The van der Waals surface area contributed by atoms with Gasteiger partial charge in [-0.15, -0.1) is 5.10 Å². The summed E-state index contributed by atoms with van der Waals surface area (Å²) in [7, 11) is 1.78. The quantitative estimate of drug-likeness (QED) is 0.785. The van der Waals surface area contributed by atoms with Gasteiger partial charge in [-0.3, -0.25) is 4.79 Å². The molecule has 4 nitrogen and oxygen atoms in total. The van der Waals surface area contributed by atoms with Crippen molar-refractivity contribution >= 4 is 33.4 Å². The van der Waals surface area contributed by atoms with Crippen LogP contribution in [0.15, 0.2) is 0 Å². The van der Waals surface area contributed by atoms with Crippen molar-refractivity contribution in [3.05, 3.63) is 10.6 Å². The van der Waals surface area contributed by atoms with Gasteiger partial charge in [0.2, 0.25) is 0 Å². The number of rotatable bonds is 4. The Hall–Kier alpha value is -0.490. The third kappa shape index (κ3) is 2.51. The summed E-state index contributed by atoms with van der Waals surface area (Å²) >= 11 is 4.46.